The van der Waals surface area contributed by atoms with Gasteiger partial charge in [-0.3, -0.25) is 4.68 Å². The summed E-state index contributed by atoms with van der Waals surface area (Å²) < 4.78 is 41.8. The molecule has 4 nitrogen and oxygen atoms in total. The van der Waals surface area contributed by atoms with E-state index in [-0.39, 0.29) is 5.75 Å². The summed E-state index contributed by atoms with van der Waals surface area (Å²) in [4.78, 5) is 0. The maximum absolute atomic E-state index is 12.1. The van der Waals surface area contributed by atoms with Crippen LogP contribution in [0.25, 0.3) is 0 Å². The number of hydrogen-bond donors (Lipinski definition) is 1. The average molecular weight is 320 g/mol. The normalized spacial score (nSPS) is 13.2. The molecule has 0 fully saturated rings. The number of halogens is 4. The second kappa shape index (κ2) is 5.95. The van der Waals surface area contributed by atoms with Crippen molar-refractivity contribution in [2.24, 2.45) is 5.73 Å². The lowest BCUT2D eigenvalue weighted by atomic mass is 10.0. The average Bonchev–Trinajstić information content (AvgIpc) is 2.78. The van der Waals surface area contributed by atoms with Crippen LogP contribution < -0.4 is 10.5 Å². The molecule has 114 valence electrons. The molecule has 1 aromatic heterocycles. The number of ether oxygens (including phenoxy) is 1. The van der Waals surface area contributed by atoms with Crippen LogP contribution in [0.3, 0.4) is 0 Å². The Morgan fingerprint density at radius 1 is 1.33 bits per heavy atom. The zero-order valence-electron chi connectivity index (χ0n) is 11.1. The van der Waals surface area contributed by atoms with Gasteiger partial charge in [0.05, 0.1) is 23.0 Å². The van der Waals surface area contributed by atoms with Gasteiger partial charge in [-0.05, 0) is 24.6 Å². The number of nitrogens with zero attached hydrogens (tertiary/aromatic N) is 2. The monoisotopic (exact) mass is 319 g/mol. The molecule has 0 aliphatic rings. The minimum Gasteiger partial charge on any atom is -0.406 e. The van der Waals surface area contributed by atoms with Gasteiger partial charge in [-0.15, -0.1) is 13.2 Å². The Bertz CT molecular complexity index is 610. The van der Waals surface area contributed by atoms with Crippen molar-refractivity contribution >= 4 is 11.6 Å². The lowest BCUT2D eigenvalue weighted by Gasteiger charge is -2.15. The zero-order valence-corrected chi connectivity index (χ0v) is 11.8. The van der Waals surface area contributed by atoms with Gasteiger partial charge in [0.15, 0.2) is 0 Å². The molecule has 1 heterocycles. The molecule has 1 atom stereocenters. The zero-order chi connectivity index (χ0) is 15.6. The van der Waals surface area contributed by atoms with Crippen LogP contribution in [0.5, 0.6) is 5.75 Å². The summed E-state index contributed by atoms with van der Waals surface area (Å²) in [6.07, 6.45) is -3.23. The van der Waals surface area contributed by atoms with Gasteiger partial charge < -0.3 is 10.5 Å². The minimum atomic E-state index is -4.71. The molecule has 21 heavy (non-hydrogen) atoms. The fourth-order valence-corrected chi connectivity index (χ4v) is 2.23. The Hall–Kier alpha value is -1.73. The van der Waals surface area contributed by atoms with Crippen molar-refractivity contribution in [2.45, 2.75) is 25.9 Å². The van der Waals surface area contributed by atoms with Gasteiger partial charge in [0, 0.05) is 6.54 Å². The highest BCUT2D eigenvalue weighted by atomic mass is 35.5. The van der Waals surface area contributed by atoms with Crippen LogP contribution in [0.2, 0.25) is 5.02 Å². The highest BCUT2D eigenvalue weighted by Crippen LogP contribution is 2.29. The first-order valence-corrected chi connectivity index (χ1v) is 6.52. The van der Waals surface area contributed by atoms with E-state index >= 15 is 0 Å². The molecule has 0 spiro atoms. The summed E-state index contributed by atoms with van der Waals surface area (Å²) in [6, 6.07) is 4.77. The van der Waals surface area contributed by atoms with Crippen molar-refractivity contribution in [1.29, 1.82) is 0 Å². The predicted octanol–water partition coefficient (Wildman–Crippen LogP) is 3.50. The smallest absolute Gasteiger partial charge is 0.406 e. The lowest BCUT2D eigenvalue weighted by Crippen LogP contribution is -2.18. The second-order valence-electron chi connectivity index (χ2n) is 4.29. The summed E-state index contributed by atoms with van der Waals surface area (Å²) >= 11 is 6.05. The van der Waals surface area contributed by atoms with Crippen molar-refractivity contribution in [1.82, 2.24) is 9.78 Å². The van der Waals surface area contributed by atoms with Gasteiger partial charge in [0.2, 0.25) is 0 Å². The quantitative estimate of drug-likeness (QED) is 0.938. The van der Waals surface area contributed by atoms with Gasteiger partial charge in [-0.25, -0.2) is 0 Å². The van der Waals surface area contributed by atoms with Gasteiger partial charge in [-0.2, -0.15) is 5.10 Å². The number of nitrogens with two attached hydrogens (primary N) is 1. The SMILES string of the molecule is CCn1ncc(Cl)c1C(N)c1ccc(OC(F)(F)F)cc1. The van der Waals surface area contributed by atoms with Gasteiger partial charge >= 0.3 is 6.36 Å². The molecule has 0 aliphatic carbocycles. The first-order valence-electron chi connectivity index (χ1n) is 6.14. The van der Waals surface area contributed by atoms with Crippen LogP contribution in [0.15, 0.2) is 30.5 Å². The lowest BCUT2D eigenvalue weighted by molar-refractivity contribution is -0.274. The maximum Gasteiger partial charge on any atom is 0.573 e. The Kier molecular flexibility index (Phi) is 4.43. The summed E-state index contributed by atoms with van der Waals surface area (Å²) in [5, 5.41) is 4.49. The largest absolute Gasteiger partial charge is 0.573 e. The summed E-state index contributed by atoms with van der Waals surface area (Å²) in [7, 11) is 0. The molecular formula is C13H13ClF3N3O. The van der Waals surface area contributed by atoms with Crippen molar-refractivity contribution in [3.63, 3.8) is 0 Å². The third kappa shape index (κ3) is 3.68. The number of benzene rings is 1. The van der Waals surface area contributed by atoms with E-state index < -0.39 is 12.4 Å². The highest BCUT2D eigenvalue weighted by molar-refractivity contribution is 6.31. The molecule has 1 aromatic carbocycles. The van der Waals surface area contributed by atoms with Crippen LogP contribution >= 0.6 is 11.6 Å². The molecule has 2 rings (SSSR count). The Morgan fingerprint density at radius 3 is 2.48 bits per heavy atom. The molecule has 8 heteroatoms. The van der Waals surface area contributed by atoms with E-state index in [0.717, 1.165) is 0 Å². The van der Waals surface area contributed by atoms with E-state index in [0.29, 0.717) is 22.8 Å². The molecule has 2 aromatic rings. The minimum absolute atomic E-state index is 0.298. The van der Waals surface area contributed by atoms with E-state index in [1.165, 1.54) is 30.5 Å². The van der Waals surface area contributed by atoms with Crippen molar-refractivity contribution in [3.05, 3.63) is 46.7 Å². The number of hydrogen-bond acceptors (Lipinski definition) is 3. The summed E-state index contributed by atoms with van der Waals surface area (Å²) in [6.45, 7) is 2.48. The number of alkyl halides is 3. The second-order valence-corrected chi connectivity index (χ2v) is 4.70. The summed E-state index contributed by atoms with van der Waals surface area (Å²) in [5.74, 6) is -0.298. The molecule has 1 unspecified atom stereocenters. The standard InChI is InChI=1S/C13H13ClF3N3O/c1-2-20-12(10(14)7-19-20)11(18)8-3-5-9(6-4-8)21-13(15,16)17/h3-7,11H,2,18H2,1H3. The first kappa shape index (κ1) is 15.7. The van der Waals surface area contributed by atoms with Crippen LogP contribution in [-0.4, -0.2) is 16.1 Å². The topological polar surface area (TPSA) is 53.1 Å². The predicted molar refractivity (Wildman–Crippen MR) is 72.1 cm³/mol. The molecule has 0 saturated heterocycles. The molecule has 0 bridgehead atoms. The van der Waals surface area contributed by atoms with Gasteiger partial charge in [0.25, 0.3) is 0 Å². The number of rotatable bonds is 4. The Labute approximate surface area is 124 Å². The van der Waals surface area contributed by atoms with Crippen molar-refractivity contribution in [2.75, 3.05) is 0 Å². The highest BCUT2D eigenvalue weighted by Gasteiger charge is 2.31. The maximum atomic E-state index is 12.1. The number of aromatic nitrogens is 2. The number of aryl methyl sites for hydroxylation is 1. The van der Waals surface area contributed by atoms with Crippen LogP contribution in [0.4, 0.5) is 13.2 Å². The fraction of sp³-hybridized carbons (Fsp3) is 0.308. The van der Waals surface area contributed by atoms with Gasteiger partial charge in [0.1, 0.15) is 5.75 Å². The molecule has 0 saturated carbocycles. The molecular weight excluding hydrogens is 307 g/mol. The third-order valence-corrected chi connectivity index (χ3v) is 3.19. The molecule has 0 aliphatic heterocycles. The van der Waals surface area contributed by atoms with Crippen LogP contribution in [0.1, 0.15) is 24.2 Å². The van der Waals surface area contributed by atoms with Crippen LogP contribution in [-0.2, 0) is 6.54 Å². The van der Waals surface area contributed by atoms with E-state index in [2.05, 4.69) is 9.84 Å². The van der Waals surface area contributed by atoms with E-state index in [4.69, 9.17) is 17.3 Å². The van der Waals surface area contributed by atoms with E-state index in [9.17, 15) is 13.2 Å². The Morgan fingerprint density at radius 2 is 1.95 bits per heavy atom. The molecule has 0 radical (unpaired) electrons. The molecule has 0 amide bonds. The van der Waals surface area contributed by atoms with Gasteiger partial charge in [-0.1, -0.05) is 23.7 Å². The van der Waals surface area contributed by atoms with Crippen LogP contribution in [0, 0.1) is 0 Å². The third-order valence-electron chi connectivity index (χ3n) is 2.90. The first-order chi connectivity index (χ1) is 9.81. The van der Waals surface area contributed by atoms with Crippen molar-refractivity contribution < 1.29 is 17.9 Å². The van der Waals surface area contributed by atoms with Crippen molar-refractivity contribution in [3.8, 4) is 5.75 Å². The molecule has 2 N–H and O–H groups in total. The van der Waals surface area contributed by atoms with E-state index in [1.54, 1.807) is 4.68 Å². The Balaban J connectivity index is 2.24. The van der Waals surface area contributed by atoms with E-state index in [1.807, 2.05) is 6.92 Å². The summed E-state index contributed by atoms with van der Waals surface area (Å²) in [5.41, 5.74) is 7.33. The fourth-order valence-electron chi connectivity index (χ4n) is 1.97.